The lowest BCUT2D eigenvalue weighted by Crippen LogP contribution is -2.35. The summed E-state index contributed by atoms with van der Waals surface area (Å²) >= 11 is 0. The average molecular weight is 434 g/mol. The number of carbonyl (C=O) groups excluding carboxylic acids is 1. The van der Waals surface area contributed by atoms with E-state index in [4.69, 9.17) is 9.72 Å². The molecule has 0 saturated carbocycles. The first-order valence-electron chi connectivity index (χ1n) is 10.8. The van der Waals surface area contributed by atoms with Crippen molar-refractivity contribution in [2.45, 2.75) is 25.3 Å². The van der Waals surface area contributed by atoms with Gasteiger partial charge in [-0.3, -0.25) is 4.79 Å². The van der Waals surface area contributed by atoms with Crippen LogP contribution >= 0.6 is 0 Å². The van der Waals surface area contributed by atoms with Crippen LogP contribution in [0, 0.1) is 0 Å². The van der Waals surface area contributed by atoms with Crippen LogP contribution in [0.2, 0.25) is 0 Å². The lowest BCUT2D eigenvalue weighted by atomic mass is 10.1. The molecule has 3 N–H and O–H groups in total. The number of likely N-dealkylation sites (N-methyl/N-ethyl adjacent to an activating group) is 1. The molecule has 3 aromatic rings. The highest BCUT2D eigenvalue weighted by atomic mass is 16.5. The molecule has 0 unspecified atom stereocenters. The third kappa shape index (κ3) is 3.49. The number of amides is 1. The Morgan fingerprint density at radius 3 is 3.00 bits per heavy atom. The molecule has 1 amide bonds. The van der Waals surface area contributed by atoms with E-state index in [1.807, 2.05) is 32.3 Å². The van der Waals surface area contributed by atoms with Gasteiger partial charge in [0.25, 0.3) is 0 Å². The highest BCUT2D eigenvalue weighted by Gasteiger charge is 2.29. The van der Waals surface area contributed by atoms with Gasteiger partial charge in [-0.15, -0.1) is 0 Å². The standard InChI is InChI=1S/C23H27N7O2/c1-14(26-18-9-10-29(3)23(18)31)16-13-25-30-20(24-2)12-19(28-22(16)30)27-17-8-4-6-15-7-5-11-32-21(15)17/h4,6,8,12-13,18,24,26H,1,5,7,9-11H2,2-3H3,(H,27,28)/t18-/m0/s1. The van der Waals surface area contributed by atoms with Gasteiger partial charge in [-0.05, 0) is 30.9 Å². The van der Waals surface area contributed by atoms with Crippen molar-refractivity contribution in [3.05, 3.63) is 48.2 Å². The van der Waals surface area contributed by atoms with Crippen LogP contribution in [0.15, 0.2) is 37.0 Å². The van der Waals surface area contributed by atoms with E-state index >= 15 is 0 Å². The number of benzene rings is 1. The number of likely N-dealkylation sites (tertiary alicyclic amines) is 1. The fourth-order valence-electron chi connectivity index (χ4n) is 4.29. The van der Waals surface area contributed by atoms with Gasteiger partial charge in [0, 0.05) is 32.4 Å². The fourth-order valence-corrected chi connectivity index (χ4v) is 4.29. The number of ether oxygens (including phenoxy) is 1. The summed E-state index contributed by atoms with van der Waals surface area (Å²) in [6.45, 7) is 5.61. The van der Waals surface area contributed by atoms with Gasteiger partial charge in [0.1, 0.15) is 23.4 Å². The number of nitrogens with one attached hydrogen (secondary N) is 3. The number of anilines is 3. The zero-order valence-corrected chi connectivity index (χ0v) is 18.3. The van der Waals surface area contributed by atoms with Gasteiger partial charge in [-0.2, -0.15) is 9.61 Å². The number of para-hydroxylation sites is 1. The van der Waals surface area contributed by atoms with Crippen LogP contribution in [0.1, 0.15) is 24.0 Å². The maximum Gasteiger partial charge on any atom is 0.244 e. The minimum Gasteiger partial charge on any atom is -0.491 e. The number of fused-ring (bicyclic) bond motifs is 2. The van der Waals surface area contributed by atoms with Gasteiger partial charge in [0.2, 0.25) is 5.91 Å². The molecule has 0 bridgehead atoms. The lowest BCUT2D eigenvalue weighted by molar-refractivity contribution is -0.128. The minimum absolute atomic E-state index is 0.0719. The summed E-state index contributed by atoms with van der Waals surface area (Å²) in [5.41, 5.74) is 4.10. The molecule has 2 aliphatic rings. The largest absolute Gasteiger partial charge is 0.491 e. The molecule has 2 aromatic heterocycles. The summed E-state index contributed by atoms with van der Waals surface area (Å²) in [4.78, 5) is 18.8. The first kappa shape index (κ1) is 20.2. The Labute approximate surface area is 186 Å². The minimum atomic E-state index is -0.277. The van der Waals surface area contributed by atoms with E-state index in [1.54, 1.807) is 15.6 Å². The van der Waals surface area contributed by atoms with Crippen molar-refractivity contribution >= 4 is 34.6 Å². The molecule has 0 spiro atoms. The Morgan fingerprint density at radius 1 is 1.34 bits per heavy atom. The highest BCUT2D eigenvalue weighted by molar-refractivity contribution is 5.86. The van der Waals surface area contributed by atoms with E-state index in [1.165, 1.54) is 5.56 Å². The maximum absolute atomic E-state index is 12.3. The van der Waals surface area contributed by atoms with E-state index in [0.29, 0.717) is 23.8 Å². The number of aryl methyl sites for hydroxylation is 1. The second-order valence-corrected chi connectivity index (χ2v) is 8.17. The first-order valence-corrected chi connectivity index (χ1v) is 10.8. The van der Waals surface area contributed by atoms with Crippen LogP contribution in [0.5, 0.6) is 5.75 Å². The molecule has 1 saturated heterocycles. The van der Waals surface area contributed by atoms with Crippen LogP contribution in [0.3, 0.4) is 0 Å². The summed E-state index contributed by atoms with van der Waals surface area (Å²) in [6.07, 6.45) is 4.50. The molecule has 1 aromatic carbocycles. The maximum atomic E-state index is 12.3. The number of aromatic nitrogens is 3. The molecule has 9 nitrogen and oxygen atoms in total. The topological polar surface area (TPSA) is 95.8 Å². The molecule has 0 aliphatic carbocycles. The summed E-state index contributed by atoms with van der Waals surface area (Å²) < 4.78 is 7.66. The second kappa shape index (κ2) is 8.07. The molecule has 4 heterocycles. The molecule has 0 radical (unpaired) electrons. The average Bonchev–Trinajstić information content (AvgIpc) is 3.37. The SMILES string of the molecule is C=C(N[C@H]1CCN(C)C1=O)c1cnn2c(NC)cc(Nc3cccc4c3OCCC4)nc12. The van der Waals surface area contributed by atoms with E-state index in [-0.39, 0.29) is 11.9 Å². The normalized spacial score (nSPS) is 17.8. The molecule has 32 heavy (non-hydrogen) atoms. The van der Waals surface area contributed by atoms with Gasteiger partial charge in [0.15, 0.2) is 5.65 Å². The molecule has 5 rings (SSSR count). The predicted molar refractivity (Wildman–Crippen MR) is 124 cm³/mol. The summed E-state index contributed by atoms with van der Waals surface area (Å²) in [5.74, 6) is 2.40. The Bertz CT molecular complexity index is 1200. The third-order valence-corrected chi connectivity index (χ3v) is 6.03. The lowest BCUT2D eigenvalue weighted by Gasteiger charge is -2.21. The van der Waals surface area contributed by atoms with E-state index in [9.17, 15) is 4.79 Å². The van der Waals surface area contributed by atoms with Crippen LogP contribution in [-0.4, -0.2) is 58.7 Å². The molecule has 2 aliphatic heterocycles. The molecule has 1 atom stereocenters. The highest BCUT2D eigenvalue weighted by Crippen LogP contribution is 2.35. The number of nitrogens with zero attached hydrogens (tertiary/aromatic N) is 4. The molecule has 166 valence electrons. The number of hydrogen-bond acceptors (Lipinski definition) is 7. The fraction of sp³-hybridized carbons (Fsp3) is 0.348. The molecule has 9 heteroatoms. The smallest absolute Gasteiger partial charge is 0.244 e. The van der Waals surface area contributed by atoms with E-state index in [0.717, 1.165) is 48.6 Å². The zero-order chi connectivity index (χ0) is 22.2. The van der Waals surface area contributed by atoms with Crippen molar-refractivity contribution in [2.24, 2.45) is 0 Å². The van der Waals surface area contributed by atoms with Crippen LogP contribution in [-0.2, 0) is 11.2 Å². The van der Waals surface area contributed by atoms with Gasteiger partial charge in [-0.1, -0.05) is 18.7 Å². The van der Waals surface area contributed by atoms with E-state index < -0.39 is 0 Å². The Morgan fingerprint density at radius 2 is 2.22 bits per heavy atom. The van der Waals surface area contributed by atoms with Crippen molar-refractivity contribution in [3.8, 4) is 5.75 Å². The number of rotatable bonds is 6. The number of hydrogen-bond donors (Lipinski definition) is 3. The summed E-state index contributed by atoms with van der Waals surface area (Å²) in [5, 5.41) is 14.3. The monoisotopic (exact) mass is 433 g/mol. The Hall–Kier alpha value is -3.75. The van der Waals surface area contributed by atoms with Crippen molar-refractivity contribution in [1.82, 2.24) is 24.8 Å². The van der Waals surface area contributed by atoms with Crippen LogP contribution < -0.4 is 20.7 Å². The molecule has 1 fully saturated rings. The predicted octanol–water partition coefficient (Wildman–Crippen LogP) is 2.63. The van der Waals surface area contributed by atoms with Crippen LogP contribution in [0.25, 0.3) is 11.3 Å². The molecular formula is C23H27N7O2. The summed E-state index contributed by atoms with van der Waals surface area (Å²) in [7, 11) is 3.65. The Balaban J connectivity index is 1.48. The first-order chi connectivity index (χ1) is 15.5. The van der Waals surface area contributed by atoms with Crippen molar-refractivity contribution in [1.29, 1.82) is 0 Å². The van der Waals surface area contributed by atoms with Crippen molar-refractivity contribution in [3.63, 3.8) is 0 Å². The summed E-state index contributed by atoms with van der Waals surface area (Å²) in [6, 6.07) is 7.74. The zero-order valence-electron chi connectivity index (χ0n) is 18.3. The van der Waals surface area contributed by atoms with E-state index in [2.05, 4.69) is 33.7 Å². The van der Waals surface area contributed by atoms with Crippen molar-refractivity contribution in [2.75, 3.05) is 37.9 Å². The van der Waals surface area contributed by atoms with Gasteiger partial charge in [0.05, 0.1) is 24.1 Å². The van der Waals surface area contributed by atoms with Gasteiger partial charge < -0.3 is 25.6 Å². The van der Waals surface area contributed by atoms with Crippen molar-refractivity contribution < 1.29 is 9.53 Å². The third-order valence-electron chi connectivity index (χ3n) is 6.03. The van der Waals surface area contributed by atoms with Crippen LogP contribution in [0.4, 0.5) is 17.3 Å². The Kier molecular flexibility index (Phi) is 5.08. The number of carbonyl (C=O) groups is 1. The quantitative estimate of drug-likeness (QED) is 0.550. The van der Waals surface area contributed by atoms with Gasteiger partial charge in [-0.25, -0.2) is 4.98 Å². The second-order valence-electron chi connectivity index (χ2n) is 8.17. The molecular weight excluding hydrogens is 406 g/mol. The van der Waals surface area contributed by atoms with Gasteiger partial charge >= 0.3 is 0 Å².